The molecule has 1 aromatic carbocycles. The average Bonchev–Trinajstić information content (AvgIpc) is 2.82. The third-order valence-electron chi connectivity index (χ3n) is 2.87. The van der Waals surface area contributed by atoms with Crippen LogP contribution in [-0.4, -0.2) is 46.7 Å². The van der Waals surface area contributed by atoms with Crippen molar-refractivity contribution in [1.82, 2.24) is 10.2 Å². The third-order valence-corrected chi connectivity index (χ3v) is 4.36. The lowest BCUT2D eigenvalue weighted by atomic mass is 10.3. The van der Waals surface area contributed by atoms with Crippen molar-refractivity contribution in [1.29, 1.82) is 0 Å². The van der Waals surface area contributed by atoms with E-state index in [1.54, 1.807) is 6.07 Å². The molecular weight excluding hydrogens is 365 g/mol. The first-order valence-corrected chi connectivity index (χ1v) is 8.14. The molecule has 0 radical (unpaired) electrons. The summed E-state index contributed by atoms with van der Waals surface area (Å²) in [6.45, 7) is -0.0168. The molecule has 10 heteroatoms. The fourth-order valence-corrected chi connectivity index (χ4v) is 2.99. The maximum atomic E-state index is 11.8. The zero-order chi connectivity index (χ0) is 17.0. The van der Waals surface area contributed by atoms with Gasteiger partial charge >= 0.3 is 11.8 Å². The molecule has 0 unspecified atom stereocenters. The van der Waals surface area contributed by atoms with Gasteiger partial charge in [0.15, 0.2) is 0 Å². The second-order valence-corrected chi connectivity index (χ2v) is 6.15. The van der Waals surface area contributed by atoms with Gasteiger partial charge in [-0.1, -0.05) is 41.0 Å². The van der Waals surface area contributed by atoms with Crippen molar-refractivity contribution in [3.63, 3.8) is 0 Å². The van der Waals surface area contributed by atoms with Crippen molar-refractivity contribution < 1.29 is 19.2 Å². The molecule has 0 spiro atoms. The predicted molar refractivity (Wildman–Crippen MR) is 87.7 cm³/mol. The van der Waals surface area contributed by atoms with Crippen LogP contribution in [0, 0.1) is 0 Å². The maximum Gasteiger partial charge on any atom is 0.313 e. The SMILES string of the molecule is O=C(NCCN1C(=O)CSC1=O)C(=O)Nc1c(Cl)cccc1Cl. The van der Waals surface area contributed by atoms with Crippen molar-refractivity contribution in [2.75, 3.05) is 24.2 Å². The lowest BCUT2D eigenvalue weighted by Gasteiger charge is -2.13. The van der Waals surface area contributed by atoms with Crippen LogP contribution in [0.2, 0.25) is 10.0 Å². The van der Waals surface area contributed by atoms with Crippen LogP contribution in [0.4, 0.5) is 10.5 Å². The number of amides is 4. The molecule has 23 heavy (non-hydrogen) atoms. The fourth-order valence-electron chi connectivity index (χ4n) is 1.75. The molecular formula is C13H11Cl2N3O4S. The van der Waals surface area contributed by atoms with E-state index >= 15 is 0 Å². The number of carbonyl (C=O) groups excluding carboxylic acids is 4. The van der Waals surface area contributed by atoms with Crippen LogP contribution in [-0.2, 0) is 14.4 Å². The number of carbonyl (C=O) groups is 4. The normalized spacial score (nSPS) is 14.1. The summed E-state index contributed by atoms with van der Waals surface area (Å²) in [6.07, 6.45) is 0. The standard InChI is InChI=1S/C13H11Cl2N3O4S/c14-7-2-1-3-8(15)10(7)17-12(21)11(20)16-4-5-18-9(19)6-23-13(18)22/h1-3H,4-6H2,(H,16,20)(H,17,21). The molecule has 4 amide bonds. The molecule has 1 aromatic rings. The van der Waals surface area contributed by atoms with Gasteiger partial charge in [0, 0.05) is 13.1 Å². The molecule has 1 aliphatic heterocycles. The Morgan fingerprint density at radius 2 is 1.83 bits per heavy atom. The topological polar surface area (TPSA) is 95.6 Å². The van der Waals surface area contributed by atoms with Gasteiger partial charge in [0.05, 0.1) is 21.5 Å². The van der Waals surface area contributed by atoms with E-state index in [0.717, 1.165) is 16.7 Å². The lowest BCUT2D eigenvalue weighted by Crippen LogP contribution is -2.41. The van der Waals surface area contributed by atoms with Crippen LogP contribution < -0.4 is 10.6 Å². The van der Waals surface area contributed by atoms with E-state index in [1.807, 2.05) is 0 Å². The third kappa shape index (κ3) is 4.37. The summed E-state index contributed by atoms with van der Waals surface area (Å²) in [5.74, 6) is -2.10. The summed E-state index contributed by atoms with van der Waals surface area (Å²) in [5, 5.41) is 4.66. The van der Waals surface area contributed by atoms with Crippen LogP contribution in [0.25, 0.3) is 0 Å². The van der Waals surface area contributed by atoms with Crippen LogP contribution in [0.15, 0.2) is 18.2 Å². The Kier molecular flexibility index (Phi) is 5.86. The minimum atomic E-state index is -0.951. The molecule has 122 valence electrons. The first-order chi connectivity index (χ1) is 10.9. The van der Waals surface area contributed by atoms with Crippen LogP contribution >= 0.6 is 35.0 Å². The van der Waals surface area contributed by atoms with E-state index in [0.29, 0.717) is 0 Å². The first-order valence-electron chi connectivity index (χ1n) is 6.40. The Balaban J connectivity index is 1.85. The Labute approximate surface area is 145 Å². The molecule has 7 nitrogen and oxygen atoms in total. The van der Waals surface area contributed by atoms with Gasteiger partial charge in [-0.05, 0) is 12.1 Å². The second-order valence-electron chi connectivity index (χ2n) is 4.41. The molecule has 0 atom stereocenters. The minimum Gasteiger partial charge on any atom is -0.346 e. The van der Waals surface area contributed by atoms with Crippen molar-refractivity contribution in [3.8, 4) is 0 Å². The van der Waals surface area contributed by atoms with E-state index in [4.69, 9.17) is 23.2 Å². The monoisotopic (exact) mass is 375 g/mol. The lowest BCUT2D eigenvalue weighted by molar-refractivity contribution is -0.136. The number of hydrogen-bond acceptors (Lipinski definition) is 5. The fraction of sp³-hybridized carbons (Fsp3) is 0.231. The Morgan fingerprint density at radius 3 is 2.39 bits per heavy atom. The summed E-state index contributed by atoms with van der Waals surface area (Å²) in [6, 6.07) is 4.63. The summed E-state index contributed by atoms with van der Waals surface area (Å²) < 4.78 is 0. The van der Waals surface area contributed by atoms with Gasteiger partial charge in [-0.2, -0.15) is 0 Å². The van der Waals surface area contributed by atoms with Crippen LogP contribution in [0.3, 0.4) is 0 Å². The number of nitrogens with zero attached hydrogens (tertiary/aromatic N) is 1. The zero-order valence-electron chi connectivity index (χ0n) is 11.6. The first kappa shape index (κ1) is 17.6. The molecule has 0 bridgehead atoms. The highest BCUT2D eigenvalue weighted by atomic mass is 35.5. The minimum absolute atomic E-state index is 0.0105. The van der Waals surface area contributed by atoms with E-state index < -0.39 is 11.8 Å². The predicted octanol–water partition coefficient (Wildman–Crippen LogP) is 1.74. The second kappa shape index (κ2) is 7.67. The Hall–Kier alpha value is -1.77. The zero-order valence-corrected chi connectivity index (χ0v) is 13.9. The highest BCUT2D eigenvalue weighted by molar-refractivity contribution is 8.14. The van der Waals surface area contributed by atoms with Gasteiger partial charge in [0.1, 0.15) is 0 Å². The number of halogens is 2. The molecule has 1 aliphatic rings. The van der Waals surface area contributed by atoms with Gasteiger partial charge in [-0.25, -0.2) is 0 Å². The summed E-state index contributed by atoms with van der Waals surface area (Å²) in [7, 11) is 0. The summed E-state index contributed by atoms with van der Waals surface area (Å²) in [5.41, 5.74) is 0.136. The number of benzene rings is 1. The highest BCUT2D eigenvalue weighted by Gasteiger charge is 2.29. The van der Waals surface area contributed by atoms with E-state index in [2.05, 4.69) is 10.6 Å². The Bertz CT molecular complexity index is 647. The van der Waals surface area contributed by atoms with Gasteiger partial charge in [-0.15, -0.1) is 0 Å². The maximum absolute atomic E-state index is 11.8. The van der Waals surface area contributed by atoms with Crippen molar-refractivity contribution >= 4 is 63.6 Å². The van der Waals surface area contributed by atoms with Crippen LogP contribution in [0.5, 0.6) is 0 Å². The smallest absolute Gasteiger partial charge is 0.313 e. The average molecular weight is 376 g/mol. The number of hydrogen-bond donors (Lipinski definition) is 2. The molecule has 0 aliphatic carbocycles. The van der Waals surface area contributed by atoms with Gasteiger partial charge in [0.25, 0.3) is 5.24 Å². The molecule has 0 aromatic heterocycles. The molecule has 1 heterocycles. The van der Waals surface area contributed by atoms with Gasteiger partial charge in [0.2, 0.25) is 5.91 Å². The number of thioether (sulfide) groups is 1. The van der Waals surface area contributed by atoms with Gasteiger partial charge in [-0.3, -0.25) is 24.1 Å². The number of anilines is 1. The van der Waals surface area contributed by atoms with Crippen LogP contribution in [0.1, 0.15) is 0 Å². The Morgan fingerprint density at radius 1 is 1.17 bits per heavy atom. The summed E-state index contributed by atoms with van der Waals surface area (Å²) >= 11 is 12.7. The highest BCUT2D eigenvalue weighted by Crippen LogP contribution is 2.29. The molecule has 1 fully saturated rings. The number of para-hydroxylation sites is 1. The number of imide groups is 1. The van der Waals surface area contributed by atoms with E-state index in [1.165, 1.54) is 12.1 Å². The largest absolute Gasteiger partial charge is 0.346 e. The van der Waals surface area contributed by atoms with E-state index in [-0.39, 0.29) is 45.7 Å². The molecule has 0 saturated carbocycles. The van der Waals surface area contributed by atoms with E-state index in [9.17, 15) is 19.2 Å². The quantitative estimate of drug-likeness (QED) is 0.781. The van der Waals surface area contributed by atoms with Crippen molar-refractivity contribution in [3.05, 3.63) is 28.2 Å². The molecule has 1 saturated heterocycles. The van der Waals surface area contributed by atoms with Gasteiger partial charge < -0.3 is 10.6 Å². The van der Waals surface area contributed by atoms with Crippen molar-refractivity contribution in [2.24, 2.45) is 0 Å². The number of rotatable bonds is 4. The molecule has 2 rings (SSSR count). The van der Waals surface area contributed by atoms with Crippen molar-refractivity contribution in [2.45, 2.75) is 0 Å². The number of nitrogens with one attached hydrogen (secondary N) is 2. The molecule has 2 N–H and O–H groups in total. The summed E-state index contributed by atoms with van der Waals surface area (Å²) in [4.78, 5) is 47.2.